The van der Waals surface area contributed by atoms with E-state index in [1.165, 1.54) is 23.1 Å². The summed E-state index contributed by atoms with van der Waals surface area (Å²) in [5.74, 6) is -1.67. The second-order valence-electron chi connectivity index (χ2n) is 3.96. The fourth-order valence-electron chi connectivity index (χ4n) is 1.58. The number of benzene rings is 1. The van der Waals surface area contributed by atoms with Crippen LogP contribution in [0.5, 0.6) is 5.75 Å². The molecule has 1 aromatic rings. The van der Waals surface area contributed by atoms with Crippen LogP contribution in [0.25, 0.3) is 0 Å². The van der Waals surface area contributed by atoms with Crippen LogP contribution in [0, 0.1) is 11.3 Å². The van der Waals surface area contributed by atoms with Crippen molar-refractivity contribution in [3.05, 3.63) is 23.8 Å². The maximum absolute atomic E-state index is 11.9. The van der Waals surface area contributed by atoms with Crippen LogP contribution in [0.1, 0.15) is 23.7 Å². The zero-order valence-electron chi connectivity index (χ0n) is 11.0. The first-order valence-corrected chi connectivity index (χ1v) is 5.98. The Kier molecular flexibility index (Phi) is 5.35. The molecule has 0 saturated carbocycles. The van der Waals surface area contributed by atoms with Gasteiger partial charge >= 0.3 is 12.0 Å². The SMILES string of the molecule is CCN(CCC#N)C(=O)Nc1ccc(C(=O)O)c(O)c1. The van der Waals surface area contributed by atoms with Crippen molar-refractivity contribution >= 4 is 17.7 Å². The Morgan fingerprint density at radius 2 is 2.15 bits per heavy atom. The van der Waals surface area contributed by atoms with Crippen LogP contribution >= 0.6 is 0 Å². The monoisotopic (exact) mass is 277 g/mol. The molecule has 3 N–H and O–H groups in total. The molecule has 7 heteroatoms. The molecule has 0 atom stereocenters. The van der Waals surface area contributed by atoms with Crippen LogP contribution in [0.4, 0.5) is 10.5 Å². The van der Waals surface area contributed by atoms with Crippen LogP contribution in [0.3, 0.4) is 0 Å². The van der Waals surface area contributed by atoms with Crippen LogP contribution in [0.2, 0.25) is 0 Å². The van der Waals surface area contributed by atoms with Crippen LogP contribution < -0.4 is 5.32 Å². The predicted molar refractivity (Wildman–Crippen MR) is 71.6 cm³/mol. The number of nitrogens with zero attached hydrogens (tertiary/aromatic N) is 2. The number of anilines is 1. The van der Waals surface area contributed by atoms with Crippen molar-refractivity contribution in [1.82, 2.24) is 4.90 Å². The van der Waals surface area contributed by atoms with Gasteiger partial charge in [0.2, 0.25) is 0 Å². The van der Waals surface area contributed by atoms with Crippen molar-refractivity contribution in [1.29, 1.82) is 5.26 Å². The first kappa shape index (κ1) is 15.3. The third-order valence-electron chi connectivity index (χ3n) is 2.64. The summed E-state index contributed by atoms with van der Waals surface area (Å²) in [5.41, 5.74) is 0.0488. The molecule has 0 aromatic heterocycles. The van der Waals surface area contributed by atoms with Gasteiger partial charge in [0.05, 0.1) is 12.5 Å². The first-order chi connectivity index (χ1) is 9.49. The molecule has 1 aromatic carbocycles. The minimum Gasteiger partial charge on any atom is -0.507 e. The van der Waals surface area contributed by atoms with Gasteiger partial charge in [0.15, 0.2) is 0 Å². The van der Waals surface area contributed by atoms with Crippen LogP contribution in [0.15, 0.2) is 18.2 Å². The lowest BCUT2D eigenvalue weighted by molar-refractivity contribution is 0.0694. The summed E-state index contributed by atoms with van der Waals surface area (Å²) in [6.07, 6.45) is 0.227. The standard InChI is InChI=1S/C13H15N3O4/c1-2-16(7-3-6-14)13(20)15-9-4-5-10(12(18)19)11(17)8-9/h4-5,8,17H,2-3,7H2,1H3,(H,15,20)(H,18,19). The van der Waals surface area contributed by atoms with Gasteiger partial charge < -0.3 is 20.4 Å². The molecule has 0 radical (unpaired) electrons. The lowest BCUT2D eigenvalue weighted by Gasteiger charge is -2.20. The molecule has 0 unspecified atom stereocenters. The van der Waals surface area contributed by atoms with Gasteiger partial charge in [0.25, 0.3) is 0 Å². The number of phenols is 1. The van der Waals surface area contributed by atoms with Crippen LogP contribution in [-0.2, 0) is 0 Å². The van der Waals surface area contributed by atoms with Crippen molar-refractivity contribution in [3.8, 4) is 11.8 Å². The number of carbonyl (C=O) groups excluding carboxylic acids is 1. The molecule has 1 rings (SSSR count). The Morgan fingerprint density at radius 3 is 2.65 bits per heavy atom. The van der Waals surface area contributed by atoms with E-state index in [1.807, 2.05) is 6.07 Å². The minimum atomic E-state index is -1.25. The number of urea groups is 1. The minimum absolute atomic E-state index is 0.227. The Morgan fingerprint density at radius 1 is 1.45 bits per heavy atom. The number of nitriles is 1. The molecule has 20 heavy (non-hydrogen) atoms. The van der Waals surface area contributed by atoms with E-state index in [2.05, 4.69) is 5.32 Å². The number of nitrogens with one attached hydrogen (secondary N) is 1. The number of carboxylic acids is 1. The molecular weight excluding hydrogens is 262 g/mol. The number of hydrogen-bond donors (Lipinski definition) is 3. The number of rotatable bonds is 5. The molecular formula is C13H15N3O4. The Bertz CT molecular complexity index is 551. The van der Waals surface area contributed by atoms with E-state index in [-0.39, 0.29) is 17.7 Å². The second-order valence-corrected chi connectivity index (χ2v) is 3.96. The lowest BCUT2D eigenvalue weighted by Crippen LogP contribution is -2.35. The number of amides is 2. The fourth-order valence-corrected chi connectivity index (χ4v) is 1.58. The van der Waals surface area contributed by atoms with Gasteiger partial charge in [-0.1, -0.05) is 0 Å². The van der Waals surface area contributed by atoms with E-state index in [9.17, 15) is 14.7 Å². The fraction of sp³-hybridized carbons (Fsp3) is 0.308. The highest BCUT2D eigenvalue weighted by molar-refractivity contribution is 5.93. The average molecular weight is 277 g/mol. The third-order valence-corrected chi connectivity index (χ3v) is 2.64. The molecule has 0 aliphatic heterocycles. The zero-order chi connectivity index (χ0) is 15.1. The maximum Gasteiger partial charge on any atom is 0.339 e. The highest BCUT2D eigenvalue weighted by Gasteiger charge is 2.14. The summed E-state index contributed by atoms with van der Waals surface area (Å²) in [4.78, 5) is 24.1. The van der Waals surface area contributed by atoms with Gasteiger partial charge in [-0.05, 0) is 19.1 Å². The summed E-state index contributed by atoms with van der Waals surface area (Å²) in [6, 6.07) is 5.30. The smallest absolute Gasteiger partial charge is 0.339 e. The number of carboxylic acid groups (broad SMARTS) is 1. The van der Waals surface area contributed by atoms with E-state index in [4.69, 9.17) is 10.4 Å². The molecule has 0 fully saturated rings. The van der Waals surface area contributed by atoms with Gasteiger partial charge in [-0.15, -0.1) is 0 Å². The zero-order valence-corrected chi connectivity index (χ0v) is 11.0. The number of aromatic hydroxyl groups is 1. The van der Waals surface area contributed by atoms with E-state index in [0.29, 0.717) is 13.1 Å². The molecule has 0 aliphatic rings. The summed E-state index contributed by atoms with van der Waals surface area (Å²) in [7, 11) is 0. The molecule has 0 aliphatic carbocycles. The maximum atomic E-state index is 11.9. The van der Waals surface area contributed by atoms with E-state index in [1.54, 1.807) is 6.92 Å². The summed E-state index contributed by atoms with van der Waals surface area (Å²) < 4.78 is 0. The Balaban J connectivity index is 2.78. The van der Waals surface area contributed by atoms with E-state index in [0.717, 1.165) is 0 Å². The van der Waals surface area contributed by atoms with Crippen molar-refractivity contribution in [2.75, 3.05) is 18.4 Å². The van der Waals surface area contributed by atoms with Gasteiger partial charge in [-0.2, -0.15) is 5.26 Å². The van der Waals surface area contributed by atoms with Crippen molar-refractivity contribution in [3.63, 3.8) is 0 Å². The normalized spacial score (nSPS) is 9.60. The van der Waals surface area contributed by atoms with Crippen LogP contribution in [-0.4, -0.2) is 40.2 Å². The largest absolute Gasteiger partial charge is 0.507 e. The van der Waals surface area contributed by atoms with E-state index < -0.39 is 17.7 Å². The van der Waals surface area contributed by atoms with Gasteiger partial charge in [0.1, 0.15) is 11.3 Å². The Labute approximate surface area is 116 Å². The molecule has 7 nitrogen and oxygen atoms in total. The summed E-state index contributed by atoms with van der Waals surface area (Å²) in [6.45, 7) is 2.52. The van der Waals surface area contributed by atoms with Gasteiger partial charge in [-0.25, -0.2) is 9.59 Å². The highest BCUT2D eigenvalue weighted by Crippen LogP contribution is 2.22. The van der Waals surface area contributed by atoms with Gasteiger partial charge in [0, 0.05) is 24.8 Å². The van der Waals surface area contributed by atoms with Crippen molar-refractivity contribution in [2.45, 2.75) is 13.3 Å². The molecule has 106 valence electrons. The quantitative estimate of drug-likeness (QED) is 0.760. The molecule has 0 saturated heterocycles. The number of hydrogen-bond acceptors (Lipinski definition) is 4. The first-order valence-electron chi connectivity index (χ1n) is 5.98. The molecule has 2 amide bonds. The molecule has 0 bridgehead atoms. The van der Waals surface area contributed by atoms with Crippen molar-refractivity contribution < 1.29 is 19.8 Å². The topological polar surface area (TPSA) is 114 Å². The molecule has 0 heterocycles. The summed E-state index contributed by atoms with van der Waals surface area (Å²) in [5, 5.41) is 29.3. The average Bonchev–Trinajstić information content (AvgIpc) is 2.39. The van der Waals surface area contributed by atoms with Crippen molar-refractivity contribution in [2.24, 2.45) is 0 Å². The predicted octanol–water partition coefficient (Wildman–Crippen LogP) is 1.86. The lowest BCUT2D eigenvalue weighted by atomic mass is 10.2. The Hall–Kier alpha value is -2.75. The highest BCUT2D eigenvalue weighted by atomic mass is 16.4. The number of carbonyl (C=O) groups is 2. The second kappa shape index (κ2) is 6.99. The van der Waals surface area contributed by atoms with Gasteiger partial charge in [-0.3, -0.25) is 0 Å². The third kappa shape index (κ3) is 3.88. The summed E-state index contributed by atoms with van der Waals surface area (Å²) >= 11 is 0. The number of aromatic carboxylic acids is 1. The van der Waals surface area contributed by atoms with E-state index >= 15 is 0 Å². The molecule has 0 spiro atoms.